The molecule has 6 heteroatoms. The van der Waals surface area contributed by atoms with Crippen molar-refractivity contribution in [2.75, 3.05) is 0 Å². The normalized spacial score (nSPS) is 12.5. The van der Waals surface area contributed by atoms with Crippen LogP contribution in [0.4, 0.5) is 0 Å². The molecular weight excluding hydrogens is 326 g/mol. The predicted molar refractivity (Wildman–Crippen MR) is 102 cm³/mol. The Labute approximate surface area is 153 Å². The molecule has 1 N–H and O–H groups in total. The summed E-state index contributed by atoms with van der Waals surface area (Å²) in [7, 11) is 1.84. The van der Waals surface area contributed by atoms with Gasteiger partial charge in [-0.15, -0.1) is 0 Å². The van der Waals surface area contributed by atoms with Crippen LogP contribution in [0.2, 0.25) is 0 Å². The van der Waals surface area contributed by atoms with Gasteiger partial charge in [0.25, 0.3) is 5.91 Å². The number of nitrogens with one attached hydrogen (secondary N) is 1. The van der Waals surface area contributed by atoms with Crippen molar-refractivity contribution < 1.29 is 4.79 Å². The maximum absolute atomic E-state index is 13.1. The summed E-state index contributed by atoms with van der Waals surface area (Å²) in [6.07, 6.45) is 2.43. The molecule has 6 nitrogen and oxygen atoms in total. The third-order valence-electron chi connectivity index (χ3n) is 4.63. The first-order chi connectivity index (χ1) is 12.4. The van der Waals surface area contributed by atoms with E-state index in [2.05, 4.69) is 53.3 Å². The number of aromatic nitrogens is 4. The van der Waals surface area contributed by atoms with Crippen LogP contribution in [0.15, 0.2) is 30.6 Å². The van der Waals surface area contributed by atoms with Crippen molar-refractivity contribution in [2.45, 2.75) is 40.2 Å². The molecule has 26 heavy (non-hydrogen) atoms. The predicted octanol–water partition coefficient (Wildman–Crippen LogP) is 3.36. The summed E-state index contributed by atoms with van der Waals surface area (Å²) in [6.45, 7) is 8.13. The first-order valence-corrected chi connectivity index (χ1v) is 8.95. The van der Waals surface area contributed by atoms with Crippen LogP contribution >= 0.6 is 0 Å². The van der Waals surface area contributed by atoms with E-state index in [0.29, 0.717) is 5.56 Å². The van der Waals surface area contributed by atoms with E-state index in [0.717, 1.165) is 28.8 Å². The third kappa shape index (κ3) is 3.45. The quantitative estimate of drug-likeness (QED) is 0.765. The minimum absolute atomic E-state index is 0.115. The van der Waals surface area contributed by atoms with Crippen LogP contribution in [0.25, 0.3) is 10.9 Å². The summed E-state index contributed by atoms with van der Waals surface area (Å²) in [4.78, 5) is 22.0. The van der Waals surface area contributed by atoms with E-state index >= 15 is 0 Å². The van der Waals surface area contributed by atoms with Gasteiger partial charge in [-0.2, -0.15) is 5.10 Å². The minimum Gasteiger partial charge on any atom is -0.342 e. The molecule has 3 rings (SSSR count). The minimum atomic E-state index is -0.215. The van der Waals surface area contributed by atoms with E-state index in [-0.39, 0.29) is 17.9 Å². The van der Waals surface area contributed by atoms with Crippen LogP contribution in [0, 0.1) is 12.8 Å². The number of hydrogen-bond acceptors (Lipinski definition) is 4. The van der Waals surface area contributed by atoms with Gasteiger partial charge in [0.05, 0.1) is 17.1 Å². The lowest BCUT2D eigenvalue weighted by molar-refractivity contribution is 0.0923. The van der Waals surface area contributed by atoms with Gasteiger partial charge in [0.2, 0.25) is 0 Å². The number of nitrogens with zero attached hydrogens (tertiary/aromatic N) is 4. The van der Waals surface area contributed by atoms with Crippen LogP contribution in [0.1, 0.15) is 54.3 Å². The van der Waals surface area contributed by atoms with Crippen LogP contribution in [-0.4, -0.2) is 25.7 Å². The molecule has 0 unspecified atom stereocenters. The molecule has 136 valence electrons. The maximum Gasteiger partial charge on any atom is 0.252 e. The van der Waals surface area contributed by atoms with Crippen LogP contribution in [0.5, 0.6) is 0 Å². The van der Waals surface area contributed by atoms with E-state index in [1.165, 1.54) is 11.9 Å². The number of carbonyl (C=O) groups excluding carboxylic acids is 1. The molecule has 0 aliphatic rings. The number of carbonyl (C=O) groups is 1. The Hall–Kier alpha value is -2.76. The topological polar surface area (TPSA) is 72.7 Å². The van der Waals surface area contributed by atoms with Crippen LogP contribution < -0.4 is 5.32 Å². The molecule has 1 aromatic carbocycles. The van der Waals surface area contributed by atoms with Gasteiger partial charge in [0.15, 0.2) is 0 Å². The van der Waals surface area contributed by atoms with Gasteiger partial charge >= 0.3 is 0 Å². The number of pyridine rings is 1. The lowest BCUT2D eigenvalue weighted by Gasteiger charge is -2.22. The standard InChI is InChI=1S/C20H25N5O/c1-6-14-7-8-17-15(10-14)16(9-13(4)23-17)20(26)24-18(12(2)3)19-21-11-22-25(19)5/h7-12,18H,6H2,1-5H3,(H,24,26)/t18-/m0/s1. The fourth-order valence-corrected chi connectivity index (χ4v) is 3.15. The number of fused-ring (bicyclic) bond motifs is 1. The molecule has 0 spiro atoms. The molecule has 1 atom stereocenters. The Morgan fingerprint density at radius 3 is 2.65 bits per heavy atom. The average Bonchev–Trinajstić information content (AvgIpc) is 3.03. The Balaban J connectivity index is 2.02. The summed E-state index contributed by atoms with van der Waals surface area (Å²) in [5.74, 6) is 0.815. The average molecular weight is 351 g/mol. The summed E-state index contributed by atoms with van der Waals surface area (Å²) >= 11 is 0. The summed E-state index contributed by atoms with van der Waals surface area (Å²) < 4.78 is 1.70. The highest BCUT2D eigenvalue weighted by Gasteiger charge is 2.24. The van der Waals surface area contributed by atoms with Crippen LogP contribution in [0.3, 0.4) is 0 Å². The number of amides is 1. The van der Waals surface area contributed by atoms with Crippen molar-refractivity contribution >= 4 is 16.8 Å². The molecule has 0 aliphatic carbocycles. The Morgan fingerprint density at radius 1 is 1.27 bits per heavy atom. The van der Waals surface area contributed by atoms with Gasteiger partial charge < -0.3 is 5.32 Å². The van der Waals surface area contributed by atoms with E-state index in [4.69, 9.17) is 0 Å². The van der Waals surface area contributed by atoms with Gasteiger partial charge in [0.1, 0.15) is 12.2 Å². The van der Waals surface area contributed by atoms with Gasteiger partial charge in [-0.05, 0) is 43.0 Å². The van der Waals surface area contributed by atoms with Gasteiger partial charge in [-0.3, -0.25) is 14.5 Å². The van der Waals surface area contributed by atoms with Crippen LogP contribution in [-0.2, 0) is 13.5 Å². The molecule has 0 saturated heterocycles. The first kappa shape index (κ1) is 18.0. The van der Waals surface area contributed by atoms with Crippen molar-refractivity contribution in [2.24, 2.45) is 13.0 Å². The third-order valence-corrected chi connectivity index (χ3v) is 4.63. The van der Waals surface area contributed by atoms with Gasteiger partial charge in [-0.1, -0.05) is 26.8 Å². The number of hydrogen-bond donors (Lipinski definition) is 1. The Kier molecular flexibility index (Phi) is 5.02. The molecule has 0 fully saturated rings. The molecule has 0 radical (unpaired) electrons. The summed E-state index contributed by atoms with van der Waals surface area (Å²) in [5, 5.41) is 8.16. The molecule has 0 saturated carbocycles. The number of aryl methyl sites for hydroxylation is 3. The summed E-state index contributed by atoms with van der Waals surface area (Å²) in [5.41, 5.74) is 3.50. The first-order valence-electron chi connectivity index (χ1n) is 8.95. The van der Waals surface area contributed by atoms with E-state index in [9.17, 15) is 4.79 Å². The number of benzene rings is 1. The molecule has 3 aromatic rings. The molecule has 2 heterocycles. The zero-order valence-corrected chi connectivity index (χ0v) is 15.9. The Morgan fingerprint density at radius 2 is 2.04 bits per heavy atom. The zero-order valence-electron chi connectivity index (χ0n) is 15.9. The molecular formula is C20H25N5O. The SMILES string of the molecule is CCc1ccc2nc(C)cc(C(=O)N[C@H](c3ncnn3C)C(C)C)c2c1. The highest BCUT2D eigenvalue weighted by atomic mass is 16.1. The fraction of sp³-hybridized carbons (Fsp3) is 0.400. The lowest BCUT2D eigenvalue weighted by atomic mass is 10.0. The van der Waals surface area contributed by atoms with E-state index < -0.39 is 0 Å². The fourth-order valence-electron chi connectivity index (χ4n) is 3.15. The second-order valence-electron chi connectivity index (χ2n) is 6.95. The van der Waals surface area contributed by atoms with Crippen molar-refractivity contribution in [1.82, 2.24) is 25.1 Å². The second-order valence-corrected chi connectivity index (χ2v) is 6.95. The number of rotatable bonds is 5. The molecule has 0 aliphatic heterocycles. The van der Waals surface area contributed by atoms with Crippen molar-refractivity contribution in [3.05, 3.63) is 53.2 Å². The van der Waals surface area contributed by atoms with Gasteiger partial charge in [-0.25, -0.2) is 4.98 Å². The van der Waals surface area contributed by atoms with E-state index in [1.807, 2.05) is 26.1 Å². The van der Waals surface area contributed by atoms with Crippen molar-refractivity contribution in [3.8, 4) is 0 Å². The highest BCUT2D eigenvalue weighted by Crippen LogP contribution is 2.24. The zero-order chi connectivity index (χ0) is 18.8. The van der Waals surface area contributed by atoms with Crippen molar-refractivity contribution in [3.63, 3.8) is 0 Å². The maximum atomic E-state index is 13.1. The van der Waals surface area contributed by atoms with Gasteiger partial charge in [0, 0.05) is 18.1 Å². The second kappa shape index (κ2) is 7.23. The molecule has 1 amide bonds. The largest absolute Gasteiger partial charge is 0.342 e. The van der Waals surface area contributed by atoms with Crippen molar-refractivity contribution in [1.29, 1.82) is 0 Å². The summed E-state index contributed by atoms with van der Waals surface area (Å²) in [6, 6.07) is 7.75. The monoisotopic (exact) mass is 351 g/mol. The highest BCUT2D eigenvalue weighted by molar-refractivity contribution is 6.06. The van der Waals surface area contributed by atoms with E-state index in [1.54, 1.807) is 4.68 Å². The Bertz CT molecular complexity index is 945. The molecule has 2 aromatic heterocycles. The smallest absolute Gasteiger partial charge is 0.252 e. The lowest BCUT2D eigenvalue weighted by Crippen LogP contribution is -2.33. The molecule has 0 bridgehead atoms.